The summed E-state index contributed by atoms with van der Waals surface area (Å²) in [5.41, 5.74) is 5.31. The number of nitrogens with one attached hydrogen (secondary N) is 1. The van der Waals surface area contributed by atoms with Gasteiger partial charge in [-0.2, -0.15) is 4.98 Å². The van der Waals surface area contributed by atoms with Crippen LogP contribution in [0.1, 0.15) is 38.2 Å². The zero-order valence-electron chi connectivity index (χ0n) is 18.6. The molecule has 7 heteroatoms. The van der Waals surface area contributed by atoms with Crippen molar-refractivity contribution >= 4 is 11.2 Å². The number of methoxy groups -OCH3 is 1. The van der Waals surface area contributed by atoms with E-state index < -0.39 is 0 Å². The average molecular weight is 430 g/mol. The number of ether oxygens (including phenoxy) is 2. The van der Waals surface area contributed by atoms with Crippen LogP contribution >= 0.6 is 0 Å². The molecule has 0 radical (unpaired) electrons. The van der Waals surface area contributed by atoms with Crippen LogP contribution in [0.15, 0.2) is 42.7 Å². The van der Waals surface area contributed by atoms with Gasteiger partial charge < -0.3 is 14.5 Å². The monoisotopic (exact) mass is 429 g/mol. The Morgan fingerprint density at radius 3 is 2.47 bits per heavy atom. The van der Waals surface area contributed by atoms with Gasteiger partial charge in [0, 0.05) is 35.7 Å². The van der Waals surface area contributed by atoms with Crippen LogP contribution in [0.2, 0.25) is 0 Å². The predicted octanol–water partition coefficient (Wildman–Crippen LogP) is 5.36. The van der Waals surface area contributed by atoms with E-state index in [1.54, 1.807) is 7.11 Å². The fourth-order valence-corrected chi connectivity index (χ4v) is 4.20. The molecule has 1 saturated carbocycles. The predicted molar refractivity (Wildman–Crippen MR) is 124 cm³/mol. The summed E-state index contributed by atoms with van der Waals surface area (Å²) in [6.45, 7) is 4.36. The van der Waals surface area contributed by atoms with Crippen molar-refractivity contribution < 1.29 is 9.47 Å². The van der Waals surface area contributed by atoms with Gasteiger partial charge in [-0.1, -0.05) is 6.92 Å². The number of fused-ring (bicyclic) bond motifs is 1. The lowest BCUT2D eigenvalue weighted by molar-refractivity contribution is 0.130. The molecule has 7 nitrogen and oxygen atoms in total. The molecule has 4 aromatic heterocycles. The molecule has 4 aromatic rings. The third kappa shape index (κ3) is 4.15. The molecule has 0 aliphatic heterocycles. The van der Waals surface area contributed by atoms with E-state index in [0.717, 1.165) is 52.5 Å². The molecule has 0 aromatic carbocycles. The molecule has 0 atom stereocenters. The van der Waals surface area contributed by atoms with Gasteiger partial charge in [-0.05, 0) is 62.3 Å². The molecule has 0 bridgehead atoms. The van der Waals surface area contributed by atoms with Crippen LogP contribution in [-0.2, 0) is 0 Å². The second-order valence-electron chi connectivity index (χ2n) is 8.58. The van der Waals surface area contributed by atoms with Gasteiger partial charge in [0.25, 0.3) is 0 Å². The third-order valence-corrected chi connectivity index (χ3v) is 6.18. The molecule has 0 spiro atoms. The Labute approximate surface area is 187 Å². The van der Waals surface area contributed by atoms with Crippen LogP contribution < -0.4 is 9.47 Å². The minimum Gasteiger partial charge on any atom is -0.481 e. The van der Waals surface area contributed by atoms with Gasteiger partial charge >= 0.3 is 0 Å². The van der Waals surface area contributed by atoms with Gasteiger partial charge in [0.15, 0.2) is 5.65 Å². The van der Waals surface area contributed by atoms with Crippen molar-refractivity contribution in [2.45, 2.75) is 45.6 Å². The van der Waals surface area contributed by atoms with Gasteiger partial charge in [0.2, 0.25) is 11.8 Å². The summed E-state index contributed by atoms with van der Waals surface area (Å²) >= 11 is 0. The number of rotatable bonds is 5. The van der Waals surface area contributed by atoms with Crippen molar-refractivity contribution in [2.24, 2.45) is 5.92 Å². The summed E-state index contributed by atoms with van der Waals surface area (Å²) < 4.78 is 11.3. The molecular weight excluding hydrogens is 402 g/mol. The normalized spacial score (nSPS) is 18.6. The molecule has 5 rings (SSSR count). The largest absolute Gasteiger partial charge is 0.481 e. The number of aryl methyl sites for hydroxylation is 1. The number of pyridine rings is 3. The second-order valence-corrected chi connectivity index (χ2v) is 8.58. The van der Waals surface area contributed by atoms with Crippen molar-refractivity contribution in [3.8, 4) is 34.4 Å². The van der Waals surface area contributed by atoms with E-state index in [1.165, 1.54) is 12.8 Å². The first kappa shape index (κ1) is 20.4. The van der Waals surface area contributed by atoms with E-state index in [4.69, 9.17) is 9.47 Å². The first-order valence-corrected chi connectivity index (χ1v) is 11.1. The number of aromatic amines is 1. The molecule has 0 unspecified atom stereocenters. The molecule has 0 amide bonds. The number of nitrogens with zero attached hydrogens (tertiary/aromatic N) is 4. The first-order chi connectivity index (χ1) is 15.6. The van der Waals surface area contributed by atoms with Gasteiger partial charge in [-0.3, -0.25) is 4.98 Å². The molecule has 1 aliphatic carbocycles. The van der Waals surface area contributed by atoms with E-state index in [1.807, 2.05) is 36.7 Å². The minimum absolute atomic E-state index is 0.280. The standard InChI is InChI=1S/C25H27N5O2/c1-15-4-7-18(8-5-15)32-22-10-6-17(13-27-22)21-12-16(2)19(14-26-21)24-28-20-9-11-23(31-3)29-25(20)30-24/h6,9-15,18H,4-5,7-8H2,1-3H3,(H,28,29,30). The summed E-state index contributed by atoms with van der Waals surface area (Å²) in [5.74, 6) is 2.77. The van der Waals surface area contributed by atoms with E-state index in [0.29, 0.717) is 17.4 Å². The number of hydrogen-bond acceptors (Lipinski definition) is 6. The van der Waals surface area contributed by atoms with E-state index in [9.17, 15) is 0 Å². The average Bonchev–Trinajstić information content (AvgIpc) is 3.24. The topological polar surface area (TPSA) is 85.8 Å². The Hall–Kier alpha value is -3.48. The van der Waals surface area contributed by atoms with Crippen LogP contribution in [0.4, 0.5) is 0 Å². The highest BCUT2D eigenvalue weighted by Crippen LogP contribution is 2.29. The lowest BCUT2D eigenvalue weighted by Crippen LogP contribution is -2.23. The highest BCUT2D eigenvalue weighted by atomic mass is 16.5. The number of aromatic nitrogens is 5. The minimum atomic E-state index is 0.280. The summed E-state index contributed by atoms with van der Waals surface area (Å²) in [7, 11) is 1.60. The summed E-state index contributed by atoms with van der Waals surface area (Å²) in [6, 6.07) is 9.74. The Balaban J connectivity index is 1.34. The molecule has 32 heavy (non-hydrogen) atoms. The van der Waals surface area contributed by atoms with Gasteiger partial charge in [-0.25, -0.2) is 9.97 Å². The van der Waals surface area contributed by atoms with Crippen molar-refractivity contribution in [3.05, 3.63) is 48.3 Å². The maximum Gasteiger partial charge on any atom is 0.215 e. The van der Waals surface area contributed by atoms with Crippen LogP contribution in [0.5, 0.6) is 11.8 Å². The van der Waals surface area contributed by atoms with Crippen LogP contribution in [-0.4, -0.2) is 38.1 Å². The SMILES string of the molecule is COc1ccc2[nH]c(-c3cnc(-c4ccc(OC5CCC(C)CC5)nc4)cc3C)nc2n1. The molecular formula is C25H27N5O2. The maximum absolute atomic E-state index is 6.08. The highest BCUT2D eigenvalue weighted by molar-refractivity contribution is 5.77. The van der Waals surface area contributed by atoms with Crippen molar-refractivity contribution in [3.63, 3.8) is 0 Å². The fraction of sp³-hybridized carbons (Fsp3) is 0.360. The number of imidazole rings is 1. The van der Waals surface area contributed by atoms with Crippen LogP contribution in [0.25, 0.3) is 33.8 Å². The quantitative estimate of drug-likeness (QED) is 0.460. The third-order valence-electron chi connectivity index (χ3n) is 6.18. The highest BCUT2D eigenvalue weighted by Gasteiger charge is 2.20. The van der Waals surface area contributed by atoms with Crippen molar-refractivity contribution in [2.75, 3.05) is 7.11 Å². The molecule has 0 saturated heterocycles. The molecule has 1 N–H and O–H groups in total. The van der Waals surface area contributed by atoms with Crippen molar-refractivity contribution in [1.29, 1.82) is 0 Å². The van der Waals surface area contributed by atoms with E-state index >= 15 is 0 Å². The molecule has 4 heterocycles. The zero-order valence-corrected chi connectivity index (χ0v) is 18.6. The summed E-state index contributed by atoms with van der Waals surface area (Å²) in [6.07, 6.45) is 8.63. The fourth-order valence-electron chi connectivity index (χ4n) is 4.20. The van der Waals surface area contributed by atoms with Crippen LogP contribution in [0.3, 0.4) is 0 Å². The Bertz CT molecular complexity index is 1230. The van der Waals surface area contributed by atoms with Crippen molar-refractivity contribution in [1.82, 2.24) is 24.9 Å². The van der Waals surface area contributed by atoms with E-state index in [2.05, 4.69) is 44.8 Å². The van der Waals surface area contributed by atoms with Gasteiger partial charge in [0.1, 0.15) is 11.9 Å². The number of hydrogen-bond donors (Lipinski definition) is 1. The summed E-state index contributed by atoms with van der Waals surface area (Å²) in [4.78, 5) is 21.5. The maximum atomic E-state index is 6.08. The summed E-state index contributed by atoms with van der Waals surface area (Å²) in [5, 5.41) is 0. The Morgan fingerprint density at radius 1 is 0.938 bits per heavy atom. The smallest absolute Gasteiger partial charge is 0.215 e. The lowest BCUT2D eigenvalue weighted by Gasteiger charge is -2.26. The van der Waals surface area contributed by atoms with E-state index in [-0.39, 0.29) is 6.10 Å². The molecule has 164 valence electrons. The second kappa shape index (κ2) is 8.57. The first-order valence-electron chi connectivity index (χ1n) is 11.1. The zero-order chi connectivity index (χ0) is 22.1. The molecule has 1 fully saturated rings. The number of H-pyrrole nitrogens is 1. The van der Waals surface area contributed by atoms with Gasteiger partial charge in [0.05, 0.1) is 18.3 Å². The lowest BCUT2D eigenvalue weighted by atomic mass is 9.89. The Morgan fingerprint density at radius 2 is 1.75 bits per heavy atom. The molecule has 1 aliphatic rings. The van der Waals surface area contributed by atoms with Crippen LogP contribution in [0, 0.1) is 12.8 Å². The Kier molecular flexibility index (Phi) is 5.47. The van der Waals surface area contributed by atoms with Gasteiger partial charge in [-0.15, -0.1) is 0 Å².